The van der Waals surface area contributed by atoms with E-state index in [2.05, 4.69) is 30.9 Å². The maximum atomic E-state index is 13.7. The van der Waals surface area contributed by atoms with Gasteiger partial charge in [-0.1, -0.05) is 6.07 Å². The van der Waals surface area contributed by atoms with Gasteiger partial charge in [-0.2, -0.15) is 17.7 Å². The van der Waals surface area contributed by atoms with Crippen LogP contribution in [0.15, 0.2) is 85.7 Å². The number of ether oxygens (including phenoxy) is 1. The molecule has 0 aliphatic carbocycles. The average molecular weight is 646 g/mol. The topological polar surface area (TPSA) is 127 Å². The number of carbonyl (C=O) groups excluding carboxylic acids is 2. The highest BCUT2D eigenvalue weighted by atomic mass is 19.4. The molecule has 5 rings (SSSR count). The number of halogens is 3. The van der Waals surface area contributed by atoms with E-state index in [0.29, 0.717) is 17.1 Å². The second kappa shape index (κ2) is 13.7. The van der Waals surface area contributed by atoms with E-state index < -0.39 is 23.7 Å². The van der Waals surface area contributed by atoms with Gasteiger partial charge in [0.05, 0.1) is 28.8 Å². The van der Waals surface area contributed by atoms with E-state index in [1.807, 2.05) is 26.8 Å². The van der Waals surface area contributed by atoms with Crippen molar-refractivity contribution in [1.29, 1.82) is 0 Å². The van der Waals surface area contributed by atoms with Crippen LogP contribution < -0.4 is 20.5 Å². The summed E-state index contributed by atoms with van der Waals surface area (Å²) in [5, 5.41) is 8.38. The standard InChI is InChI=1S/C33H31F3N8O3/c1-20(2)39-32(46)47-19-43-11-5-6-24(17-43)28-9-10-37-31(41-28)42-29-12-23(8-7-21(29)3)30(45)40-26-13-25(33(34,35)36)14-27(15-26)44-16-22(4)38-18-44/h5-18,20H,19H2,1-4H3,(H2-,37,39,40,41,42,45,46)/p+1. The molecule has 0 fully saturated rings. The SMILES string of the molecule is Cc1cn(-c2cc(NC(=O)c3ccc(C)c(Nc4nccc(-c5ccc[n+](COC(=O)NC(C)C)c5)n4)c3)cc(C(F)(F)F)c2)cn1. The van der Waals surface area contributed by atoms with Gasteiger partial charge in [0.2, 0.25) is 5.95 Å². The quantitative estimate of drug-likeness (QED) is 0.160. The number of alkyl halides is 3. The fraction of sp³-hybridized carbons (Fsp3) is 0.212. The first kappa shape index (κ1) is 32.6. The zero-order valence-corrected chi connectivity index (χ0v) is 26.0. The Bertz CT molecular complexity index is 1920. The lowest BCUT2D eigenvalue weighted by atomic mass is 10.1. The van der Waals surface area contributed by atoms with Crippen LogP contribution in [0.1, 0.15) is 41.0 Å². The summed E-state index contributed by atoms with van der Waals surface area (Å²) >= 11 is 0. The minimum absolute atomic E-state index is 0.00166. The Balaban J connectivity index is 1.33. The van der Waals surface area contributed by atoms with Crippen molar-refractivity contribution in [2.75, 3.05) is 10.6 Å². The molecule has 0 spiro atoms. The van der Waals surface area contributed by atoms with Crippen molar-refractivity contribution in [3.05, 3.63) is 108 Å². The van der Waals surface area contributed by atoms with E-state index in [0.717, 1.165) is 23.3 Å². The van der Waals surface area contributed by atoms with Gasteiger partial charge in [-0.25, -0.2) is 19.7 Å². The molecule has 2 aromatic carbocycles. The van der Waals surface area contributed by atoms with Crippen LogP contribution in [0.2, 0.25) is 0 Å². The Morgan fingerprint density at radius 2 is 1.85 bits per heavy atom. The van der Waals surface area contributed by atoms with Crippen LogP contribution in [0.25, 0.3) is 16.9 Å². The molecule has 0 aliphatic rings. The first-order valence-electron chi connectivity index (χ1n) is 14.5. The molecule has 3 heterocycles. The molecule has 2 amide bonds. The molecule has 242 valence electrons. The smallest absolute Gasteiger partial charge is 0.388 e. The maximum Gasteiger partial charge on any atom is 0.416 e. The number of nitrogens with zero attached hydrogens (tertiary/aromatic N) is 5. The highest BCUT2D eigenvalue weighted by molar-refractivity contribution is 6.05. The lowest BCUT2D eigenvalue weighted by Crippen LogP contribution is -2.39. The number of hydrogen-bond donors (Lipinski definition) is 3. The van der Waals surface area contributed by atoms with Crippen LogP contribution in [-0.4, -0.2) is 37.6 Å². The van der Waals surface area contributed by atoms with Crippen LogP contribution in [0, 0.1) is 13.8 Å². The predicted molar refractivity (Wildman–Crippen MR) is 168 cm³/mol. The van der Waals surface area contributed by atoms with Gasteiger partial charge in [0, 0.05) is 47.1 Å². The average Bonchev–Trinajstić information content (AvgIpc) is 3.47. The number of aryl methyl sites for hydroxylation is 2. The third kappa shape index (κ3) is 8.48. The Labute approximate surface area is 268 Å². The number of pyridine rings is 1. The number of rotatable bonds is 9. The first-order valence-corrected chi connectivity index (χ1v) is 14.5. The van der Waals surface area contributed by atoms with Crippen molar-refractivity contribution in [3.8, 4) is 16.9 Å². The normalized spacial score (nSPS) is 11.3. The Morgan fingerprint density at radius 3 is 2.57 bits per heavy atom. The molecule has 0 saturated carbocycles. The third-order valence-electron chi connectivity index (χ3n) is 6.82. The fourth-order valence-corrected chi connectivity index (χ4v) is 4.52. The maximum absolute atomic E-state index is 13.7. The lowest BCUT2D eigenvalue weighted by molar-refractivity contribution is -0.726. The molecule has 0 radical (unpaired) electrons. The van der Waals surface area contributed by atoms with E-state index in [4.69, 9.17) is 4.74 Å². The second-order valence-corrected chi connectivity index (χ2v) is 11.0. The third-order valence-corrected chi connectivity index (χ3v) is 6.82. The summed E-state index contributed by atoms with van der Waals surface area (Å²) in [4.78, 5) is 38.1. The Hall–Kier alpha value is -5.79. The Morgan fingerprint density at radius 1 is 1.04 bits per heavy atom. The van der Waals surface area contributed by atoms with Crippen LogP contribution >= 0.6 is 0 Å². The van der Waals surface area contributed by atoms with Crippen LogP contribution in [-0.2, 0) is 17.6 Å². The second-order valence-electron chi connectivity index (χ2n) is 11.0. The van der Waals surface area contributed by atoms with E-state index in [1.54, 1.807) is 66.6 Å². The van der Waals surface area contributed by atoms with Crippen molar-refractivity contribution in [1.82, 2.24) is 24.8 Å². The number of hydrogen-bond acceptors (Lipinski definition) is 7. The van der Waals surface area contributed by atoms with Crippen molar-refractivity contribution in [2.45, 2.75) is 46.6 Å². The molecule has 3 N–H and O–H groups in total. The number of anilines is 3. The summed E-state index contributed by atoms with van der Waals surface area (Å²) in [7, 11) is 0. The van der Waals surface area contributed by atoms with Crippen LogP contribution in [0.4, 0.5) is 35.3 Å². The van der Waals surface area contributed by atoms with E-state index in [9.17, 15) is 22.8 Å². The molecule has 0 saturated heterocycles. The number of alkyl carbamates (subject to hydrolysis) is 1. The molecule has 0 bridgehead atoms. The van der Waals surface area contributed by atoms with Crippen LogP contribution in [0.3, 0.4) is 0 Å². The minimum atomic E-state index is -4.63. The number of amides is 2. The fourth-order valence-electron chi connectivity index (χ4n) is 4.52. The highest BCUT2D eigenvalue weighted by Crippen LogP contribution is 2.33. The van der Waals surface area contributed by atoms with E-state index in [-0.39, 0.29) is 35.7 Å². The zero-order valence-electron chi connectivity index (χ0n) is 26.0. The molecular weight excluding hydrogens is 613 g/mol. The van der Waals surface area contributed by atoms with Gasteiger partial charge >= 0.3 is 12.3 Å². The molecule has 0 aliphatic heterocycles. The molecule has 47 heavy (non-hydrogen) atoms. The summed E-state index contributed by atoms with van der Waals surface area (Å²) in [6.45, 7) is 7.23. The van der Waals surface area contributed by atoms with Gasteiger partial charge in [0.25, 0.3) is 12.6 Å². The minimum Gasteiger partial charge on any atom is -0.388 e. The molecule has 3 aromatic heterocycles. The molecule has 0 atom stereocenters. The Kier molecular flexibility index (Phi) is 9.49. The van der Waals surface area contributed by atoms with Crippen molar-refractivity contribution in [3.63, 3.8) is 0 Å². The molecule has 14 heteroatoms. The van der Waals surface area contributed by atoms with Gasteiger partial charge in [0.15, 0.2) is 12.4 Å². The van der Waals surface area contributed by atoms with Gasteiger partial charge in [0.1, 0.15) is 0 Å². The summed E-state index contributed by atoms with van der Waals surface area (Å²) in [5.41, 5.74) is 2.74. The number of aromatic nitrogens is 5. The number of benzene rings is 2. The number of carbonyl (C=O) groups is 2. The van der Waals surface area contributed by atoms with Gasteiger partial charge < -0.3 is 25.3 Å². The number of imidazole rings is 1. The summed E-state index contributed by atoms with van der Waals surface area (Å²) in [5.74, 6) is -0.350. The van der Waals surface area contributed by atoms with Crippen molar-refractivity contribution < 1.29 is 32.1 Å². The molecule has 11 nitrogen and oxygen atoms in total. The number of nitrogens with one attached hydrogen (secondary N) is 3. The summed E-state index contributed by atoms with van der Waals surface area (Å²) in [6.07, 6.45) is 2.95. The highest BCUT2D eigenvalue weighted by Gasteiger charge is 2.31. The van der Waals surface area contributed by atoms with Gasteiger partial charge in [-0.3, -0.25) is 4.79 Å². The van der Waals surface area contributed by atoms with Crippen molar-refractivity contribution in [2.24, 2.45) is 0 Å². The zero-order chi connectivity index (χ0) is 33.7. The van der Waals surface area contributed by atoms with E-state index in [1.165, 1.54) is 17.0 Å². The van der Waals surface area contributed by atoms with E-state index >= 15 is 0 Å². The lowest BCUT2D eigenvalue weighted by Gasteiger charge is -2.14. The monoisotopic (exact) mass is 645 g/mol. The van der Waals surface area contributed by atoms with Crippen molar-refractivity contribution >= 4 is 29.3 Å². The summed E-state index contributed by atoms with van der Waals surface area (Å²) < 4.78 is 49.5. The predicted octanol–water partition coefficient (Wildman–Crippen LogP) is 6.34. The molecule has 5 aromatic rings. The molecular formula is C33H32F3N8O3+. The largest absolute Gasteiger partial charge is 0.416 e. The molecule has 0 unspecified atom stereocenters. The van der Waals surface area contributed by atoms with Crippen LogP contribution in [0.5, 0.6) is 0 Å². The first-order chi connectivity index (χ1) is 22.3. The van der Waals surface area contributed by atoms with Gasteiger partial charge in [-0.05, 0) is 75.7 Å². The van der Waals surface area contributed by atoms with Gasteiger partial charge in [-0.15, -0.1) is 0 Å². The summed E-state index contributed by atoms with van der Waals surface area (Å²) in [6, 6.07) is 13.5.